The molecule has 14 heteroatoms. The number of ether oxygens (including phenoxy) is 2. The highest BCUT2D eigenvalue weighted by Gasteiger charge is 2.34. The van der Waals surface area contributed by atoms with Gasteiger partial charge in [0.1, 0.15) is 0 Å². The highest BCUT2D eigenvalue weighted by molar-refractivity contribution is 6.34. The van der Waals surface area contributed by atoms with E-state index in [4.69, 9.17) is 21.1 Å². The molecule has 0 aliphatic rings. The third kappa shape index (κ3) is 5.97. The van der Waals surface area contributed by atoms with Crippen molar-refractivity contribution in [3.05, 3.63) is 86.4 Å². The van der Waals surface area contributed by atoms with E-state index in [1.807, 2.05) is 0 Å². The van der Waals surface area contributed by atoms with E-state index in [1.165, 1.54) is 0 Å². The Kier molecular flexibility index (Phi) is 7.34. The van der Waals surface area contributed by atoms with Crippen LogP contribution in [0.2, 0.25) is 5.02 Å². The third-order valence-corrected chi connectivity index (χ3v) is 5.00. The van der Waals surface area contributed by atoms with Crippen LogP contribution in [0, 0.1) is 10.1 Å². The maximum atomic E-state index is 13.0. The highest BCUT2D eigenvalue weighted by Crippen LogP contribution is 2.40. The molecule has 3 rings (SSSR count). The van der Waals surface area contributed by atoms with Gasteiger partial charge in [0.25, 0.3) is 5.91 Å². The molecule has 1 N–H and O–H groups in total. The van der Waals surface area contributed by atoms with Gasteiger partial charge in [-0.1, -0.05) is 11.6 Å². The number of nitro benzene ring substituents is 1. The van der Waals surface area contributed by atoms with Crippen LogP contribution < -0.4 is 14.8 Å². The maximum Gasteiger partial charge on any atom is 0.416 e. The summed E-state index contributed by atoms with van der Waals surface area (Å²) in [6.07, 6.45) is -9.49. The molecule has 0 atom stereocenters. The minimum Gasteiger partial charge on any atom is -0.493 e. The lowest BCUT2D eigenvalue weighted by Gasteiger charge is -2.14. The number of nitrogens with zero attached hydrogens (tertiary/aromatic N) is 1. The number of nitrogens with one attached hydrogen (secondary N) is 1. The first-order valence-electron chi connectivity index (χ1n) is 9.60. The predicted molar refractivity (Wildman–Crippen MR) is 116 cm³/mol. The molecular formula is C22H13ClF6N2O5. The van der Waals surface area contributed by atoms with E-state index in [2.05, 4.69) is 5.32 Å². The van der Waals surface area contributed by atoms with E-state index in [0.29, 0.717) is 18.2 Å². The van der Waals surface area contributed by atoms with E-state index in [1.54, 1.807) is 0 Å². The van der Waals surface area contributed by atoms with Gasteiger partial charge in [0, 0.05) is 11.6 Å². The van der Waals surface area contributed by atoms with Gasteiger partial charge in [-0.05, 0) is 48.5 Å². The van der Waals surface area contributed by atoms with Crippen LogP contribution in [0.15, 0.2) is 54.6 Å². The molecule has 190 valence electrons. The second-order valence-corrected chi connectivity index (χ2v) is 7.46. The lowest BCUT2D eigenvalue weighted by Crippen LogP contribution is -2.14. The predicted octanol–water partition coefficient (Wildman–Crippen LogP) is 7.34. The number of carbonyl (C=O) groups excluding carboxylic acids is 1. The van der Waals surface area contributed by atoms with Crippen molar-refractivity contribution in [3.8, 4) is 17.2 Å². The van der Waals surface area contributed by atoms with Gasteiger partial charge >= 0.3 is 18.0 Å². The van der Waals surface area contributed by atoms with E-state index >= 15 is 0 Å². The van der Waals surface area contributed by atoms with Crippen LogP contribution in [-0.4, -0.2) is 17.9 Å². The number of hydrogen-bond acceptors (Lipinski definition) is 5. The fourth-order valence-electron chi connectivity index (χ4n) is 2.93. The summed E-state index contributed by atoms with van der Waals surface area (Å²) in [5, 5.41) is 13.4. The SMILES string of the molecule is COc1cc(C(=O)Nc2cc(C(F)(F)F)ccc2Cl)ccc1Oc1ccc(C(F)(F)F)cc1[N+](=O)[O-]. The van der Waals surface area contributed by atoms with Crippen LogP contribution in [0.1, 0.15) is 21.5 Å². The van der Waals surface area contributed by atoms with Crippen molar-refractivity contribution in [1.29, 1.82) is 0 Å². The number of rotatable bonds is 6. The molecule has 1 amide bonds. The Hall–Kier alpha value is -4.00. The maximum absolute atomic E-state index is 13.0. The Morgan fingerprint density at radius 3 is 2.06 bits per heavy atom. The van der Waals surface area contributed by atoms with Gasteiger partial charge < -0.3 is 14.8 Å². The fourth-order valence-corrected chi connectivity index (χ4v) is 3.09. The van der Waals surface area contributed by atoms with Crippen molar-refractivity contribution in [2.24, 2.45) is 0 Å². The summed E-state index contributed by atoms with van der Waals surface area (Å²) in [5.41, 5.74) is -3.69. The van der Waals surface area contributed by atoms with Crippen LogP contribution in [0.25, 0.3) is 0 Å². The van der Waals surface area contributed by atoms with E-state index in [0.717, 1.165) is 43.5 Å². The zero-order chi connectivity index (χ0) is 26.8. The van der Waals surface area contributed by atoms with Gasteiger partial charge in [-0.2, -0.15) is 26.3 Å². The summed E-state index contributed by atoms with van der Waals surface area (Å²) in [4.78, 5) is 22.8. The number of halogens is 7. The standard InChI is InChI=1S/C22H13ClF6N2O5/c1-35-19-8-11(20(32)30-15-9-12(21(24,25)26)3-5-14(15)23)2-6-18(19)36-17-7-4-13(22(27,28)29)10-16(17)31(33)34/h2-10H,1H3,(H,30,32). The average Bonchev–Trinajstić information content (AvgIpc) is 2.79. The lowest BCUT2D eigenvalue weighted by atomic mass is 10.1. The molecule has 0 unspecified atom stereocenters. The number of hydrogen-bond donors (Lipinski definition) is 1. The van der Waals surface area contributed by atoms with Gasteiger partial charge in [-0.25, -0.2) is 0 Å². The van der Waals surface area contributed by atoms with Crippen molar-refractivity contribution in [2.45, 2.75) is 12.4 Å². The molecule has 0 aliphatic carbocycles. The van der Waals surface area contributed by atoms with Gasteiger partial charge in [-0.15, -0.1) is 0 Å². The molecule has 7 nitrogen and oxygen atoms in total. The highest BCUT2D eigenvalue weighted by atomic mass is 35.5. The molecule has 3 aromatic carbocycles. The number of alkyl halides is 6. The summed E-state index contributed by atoms with van der Waals surface area (Å²) in [6.45, 7) is 0. The van der Waals surface area contributed by atoms with Gasteiger partial charge in [0.05, 0.1) is 33.9 Å². The molecule has 0 spiro atoms. The second-order valence-electron chi connectivity index (χ2n) is 7.05. The molecule has 0 bridgehead atoms. The Bertz CT molecular complexity index is 1330. The van der Waals surface area contributed by atoms with Crippen LogP contribution in [0.5, 0.6) is 17.2 Å². The van der Waals surface area contributed by atoms with Crippen LogP contribution in [-0.2, 0) is 12.4 Å². The minimum atomic E-state index is -4.82. The molecule has 0 aromatic heterocycles. The smallest absolute Gasteiger partial charge is 0.416 e. The zero-order valence-electron chi connectivity index (χ0n) is 17.8. The first-order chi connectivity index (χ1) is 16.7. The Morgan fingerprint density at radius 1 is 0.889 bits per heavy atom. The summed E-state index contributed by atoms with van der Waals surface area (Å²) in [5.74, 6) is -1.73. The summed E-state index contributed by atoms with van der Waals surface area (Å²) in [6, 6.07) is 7.44. The van der Waals surface area contributed by atoms with Crippen molar-refractivity contribution >= 4 is 28.9 Å². The summed E-state index contributed by atoms with van der Waals surface area (Å²) in [7, 11) is 1.16. The lowest BCUT2D eigenvalue weighted by molar-refractivity contribution is -0.385. The van der Waals surface area contributed by atoms with E-state index in [9.17, 15) is 41.3 Å². The van der Waals surface area contributed by atoms with Gasteiger partial charge in [0.2, 0.25) is 5.75 Å². The van der Waals surface area contributed by atoms with E-state index in [-0.39, 0.29) is 27.8 Å². The van der Waals surface area contributed by atoms with Crippen molar-refractivity contribution in [1.82, 2.24) is 0 Å². The molecular weight excluding hydrogens is 522 g/mol. The largest absolute Gasteiger partial charge is 0.493 e. The molecule has 0 saturated heterocycles. The van der Waals surface area contributed by atoms with Gasteiger partial charge in [0.15, 0.2) is 11.5 Å². The molecule has 36 heavy (non-hydrogen) atoms. The minimum absolute atomic E-state index is 0.116. The normalized spacial score (nSPS) is 11.7. The van der Waals surface area contributed by atoms with Crippen molar-refractivity contribution in [2.75, 3.05) is 12.4 Å². The fraction of sp³-hybridized carbons (Fsp3) is 0.136. The Morgan fingerprint density at radius 2 is 1.47 bits per heavy atom. The Labute approximate surface area is 203 Å². The van der Waals surface area contributed by atoms with Crippen LogP contribution in [0.3, 0.4) is 0 Å². The molecule has 0 aliphatic heterocycles. The third-order valence-electron chi connectivity index (χ3n) is 4.67. The van der Waals surface area contributed by atoms with Crippen LogP contribution in [0.4, 0.5) is 37.7 Å². The Balaban J connectivity index is 1.89. The number of carbonyl (C=O) groups is 1. The number of anilines is 1. The molecule has 0 heterocycles. The molecule has 0 saturated carbocycles. The quantitative estimate of drug-likeness (QED) is 0.203. The number of benzene rings is 3. The van der Waals surface area contributed by atoms with Crippen molar-refractivity contribution < 1.29 is 45.5 Å². The van der Waals surface area contributed by atoms with Gasteiger partial charge in [-0.3, -0.25) is 14.9 Å². The number of nitro groups is 1. The molecule has 3 aromatic rings. The number of methoxy groups -OCH3 is 1. The number of amides is 1. The molecule has 0 radical (unpaired) electrons. The first-order valence-corrected chi connectivity index (χ1v) is 9.98. The summed E-state index contributed by atoms with van der Waals surface area (Å²) >= 11 is 5.88. The molecule has 0 fully saturated rings. The topological polar surface area (TPSA) is 90.7 Å². The monoisotopic (exact) mass is 534 g/mol. The summed E-state index contributed by atoms with van der Waals surface area (Å²) < 4.78 is 88.1. The van der Waals surface area contributed by atoms with E-state index < -0.39 is 45.7 Å². The second kappa shape index (κ2) is 9.93. The van der Waals surface area contributed by atoms with Crippen LogP contribution >= 0.6 is 11.6 Å². The average molecular weight is 535 g/mol. The first kappa shape index (κ1) is 26.6. The zero-order valence-corrected chi connectivity index (χ0v) is 18.6. The van der Waals surface area contributed by atoms with Crippen molar-refractivity contribution in [3.63, 3.8) is 0 Å².